The summed E-state index contributed by atoms with van der Waals surface area (Å²) in [6, 6.07) is 26.7. The van der Waals surface area contributed by atoms with E-state index in [1.807, 2.05) is 42.5 Å². The van der Waals surface area contributed by atoms with Crippen molar-refractivity contribution >= 4 is 61.1 Å². The Hall–Kier alpha value is -4.63. The van der Waals surface area contributed by atoms with Crippen molar-refractivity contribution in [1.82, 2.24) is 5.43 Å². The van der Waals surface area contributed by atoms with Crippen molar-refractivity contribution in [3.8, 4) is 6.07 Å². The Kier molecular flexibility index (Phi) is 6.61. The van der Waals surface area contributed by atoms with Gasteiger partial charge in [0.05, 0.1) is 28.8 Å². The van der Waals surface area contributed by atoms with Crippen molar-refractivity contribution in [1.29, 1.82) is 5.26 Å². The van der Waals surface area contributed by atoms with Gasteiger partial charge in [0.2, 0.25) is 10.0 Å². The highest BCUT2D eigenvalue weighted by atomic mass is 32.2. The number of primary sulfonamides is 1. The quantitative estimate of drug-likeness (QED) is 0.259. The lowest BCUT2D eigenvalue weighted by molar-refractivity contribution is -0.112. The number of hydrogen-bond donors (Lipinski definition) is 3. The van der Waals surface area contributed by atoms with Crippen LogP contribution in [-0.4, -0.2) is 25.1 Å². The van der Waals surface area contributed by atoms with Crippen molar-refractivity contribution in [3.63, 3.8) is 0 Å². The van der Waals surface area contributed by atoms with Crippen LogP contribution >= 0.6 is 12.2 Å². The Bertz CT molecular complexity index is 1770. The Morgan fingerprint density at radius 3 is 2.50 bits per heavy atom. The zero-order chi connectivity index (χ0) is 26.9. The number of benzene rings is 4. The number of nitrogens with two attached hydrogens (primary N) is 1. The summed E-state index contributed by atoms with van der Waals surface area (Å²) in [6.07, 6.45) is 0. The number of nitrogens with zero attached hydrogens (tertiary/aromatic N) is 3. The maximum Gasteiger partial charge on any atom is 0.279 e. The fraction of sp³-hybridized carbons (Fsp3) is 0.0370. The van der Waals surface area contributed by atoms with Crippen LogP contribution in [0.2, 0.25) is 0 Å². The molecule has 0 spiro atoms. The molecule has 38 heavy (non-hydrogen) atoms. The van der Waals surface area contributed by atoms with Crippen molar-refractivity contribution in [3.05, 3.63) is 102 Å². The fourth-order valence-electron chi connectivity index (χ4n) is 4.24. The molecule has 0 atom stereocenters. The van der Waals surface area contributed by atoms with Crippen LogP contribution in [0.15, 0.2) is 94.9 Å². The molecule has 4 aromatic carbocycles. The maximum absolute atomic E-state index is 13.5. The minimum atomic E-state index is -3.81. The van der Waals surface area contributed by atoms with Crippen LogP contribution in [0.5, 0.6) is 0 Å². The Morgan fingerprint density at radius 1 is 1.03 bits per heavy atom. The van der Waals surface area contributed by atoms with Gasteiger partial charge in [-0.1, -0.05) is 42.5 Å². The average molecular weight is 541 g/mol. The molecule has 1 aliphatic heterocycles. The molecule has 0 bridgehead atoms. The second kappa shape index (κ2) is 10.0. The summed E-state index contributed by atoms with van der Waals surface area (Å²) in [7, 11) is -3.81. The number of fused-ring (bicyclic) bond motifs is 2. The number of nitrogens with one attached hydrogen (secondary N) is 2. The predicted molar refractivity (Wildman–Crippen MR) is 150 cm³/mol. The van der Waals surface area contributed by atoms with E-state index in [9.17, 15) is 18.5 Å². The topological polar surface area (TPSA) is 141 Å². The number of sulfonamides is 1. The molecule has 0 unspecified atom stereocenters. The van der Waals surface area contributed by atoms with E-state index in [1.165, 1.54) is 24.3 Å². The summed E-state index contributed by atoms with van der Waals surface area (Å²) >= 11 is 5.30. The molecule has 0 saturated heterocycles. The number of thiocarbonyl (C=S) groups is 1. The highest BCUT2D eigenvalue weighted by Gasteiger charge is 2.35. The van der Waals surface area contributed by atoms with E-state index in [2.05, 4.69) is 21.9 Å². The molecule has 1 amide bonds. The number of hydrogen-bond acceptors (Lipinski definition) is 6. The molecule has 1 aliphatic rings. The van der Waals surface area contributed by atoms with Gasteiger partial charge in [-0.2, -0.15) is 10.4 Å². The fourth-order valence-corrected chi connectivity index (χ4v) is 4.92. The zero-order valence-corrected chi connectivity index (χ0v) is 21.4. The highest BCUT2D eigenvalue weighted by molar-refractivity contribution is 7.89. The molecule has 0 fully saturated rings. The molecule has 0 radical (unpaired) electrons. The Balaban J connectivity index is 1.41. The van der Waals surface area contributed by atoms with E-state index in [4.69, 9.17) is 17.4 Å². The lowest BCUT2D eigenvalue weighted by Gasteiger charge is -2.18. The van der Waals surface area contributed by atoms with Crippen molar-refractivity contribution < 1.29 is 13.2 Å². The highest BCUT2D eigenvalue weighted by Crippen LogP contribution is 2.33. The molecule has 188 valence electrons. The van der Waals surface area contributed by atoms with E-state index in [1.54, 1.807) is 23.1 Å². The smallest absolute Gasteiger partial charge is 0.279 e. The minimum absolute atomic E-state index is 0.0325. The molecule has 11 heteroatoms. The third-order valence-corrected chi connectivity index (χ3v) is 7.16. The number of carbonyl (C=O) groups is 1. The number of hydrazone groups is 1. The lowest BCUT2D eigenvalue weighted by atomic mass is 10.0. The largest absolute Gasteiger partial charge is 0.331 e. The molecule has 0 saturated carbocycles. The summed E-state index contributed by atoms with van der Waals surface area (Å²) in [5.41, 5.74) is 5.81. The first-order chi connectivity index (χ1) is 18.2. The monoisotopic (exact) mass is 540 g/mol. The molecule has 0 aromatic heterocycles. The molecular weight excluding hydrogens is 520 g/mol. The van der Waals surface area contributed by atoms with Gasteiger partial charge in [0.25, 0.3) is 5.91 Å². The summed E-state index contributed by atoms with van der Waals surface area (Å²) in [6.45, 7) is 0.317. The van der Waals surface area contributed by atoms with Gasteiger partial charge in [-0.25, -0.2) is 13.6 Å². The van der Waals surface area contributed by atoms with E-state index in [0.29, 0.717) is 29.0 Å². The van der Waals surface area contributed by atoms with E-state index in [-0.39, 0.29) is 21.6 Å². The molecule has 4 aromatic rings. The van der Waals surface area contributed by atoms with E-state index in [0.717, 1.165) is 16.3 Å². The molecule has 1 heterocycles. The van der Waals surface area contributed by atoms with E-state index < -0.39 is 10.0 Å². The van der Waals surface area contributed by atoms with Crippen LogP contribution in [0.25, 0.3) is 10.8 Å². The predicted octanol–water partition coefficient (Wildman–Crippen LogP) is 3.60. The third kappa shape index (κ3) is 4.96. The van der Waals surface area contributed by atoms with Gasteiger partial charge in [0, 0.05) is 11.3 Å². The van der Waals surface area contributed by atoms with Gasteiger partial charge in [0.15, 0.2) is 10.8 Å². The van der Waals surface area contributed by atoms with Crippen molar-refractivity contribution in [2.24, 2.45) is 10.2 Å². The summed E-state index contributed by atoms with van der Waals surface area (Å²) < 4.78 is 22.9. The van der Waals surface area contributed by atoms with Crippen LogP contribution in [0.1, 0.15) is 16.7 Å². The second-order valence-corrected chi connectivity index (χ2v) is 10.4. The molecule has 5 rings (SSSR count). The third-order valence-electron chi connectivity index (χ3n) is 6.04. The van der Waals surface area contributed by atoms with Gasteiger partial charge < -0.3 is 10.2 Å². The summed E-state index contributed by atoms with van der Waals surface area (Å²) in [5.74, 6) is -0.337. The lowest BCUT2D eigenvalue weighted by Crippen LogP contribution is -2.32. The van der Waals surface area contributed by atoms with Crippen molar-refractivity contribution in [2.75, 3.05) is 10.2 Å². The SMILES string of the molecule is N#Cc1ccc2c(c1)C(=NNC(=S)Nc1ccc(S(N)(=O)=O)cc1)C(=O)N2Cc1cccc2ccccc12. The van der Waals surface area contributed by atoms with Crippen LogP contribution < -0.4 is 20.8 Å². The molecule has 0 aliphatic carbocycles. The molecule has 9 nitrogen and oxygen atoms in total. The number of nitriles is 1. The standard InChI is InChI=1S/C27H20N6O3S2/c28-15-17-8-13-24-23(14-17)25(31-32-27(37)30-20-9-11-21(12-10-20)38(29,35)36)26(34)33(24)16-19-6-3-5-18-4-1-2-7-22(18)19/h1-14H,16H2,(H2,29,35,36)(H2,30,32,37). The average Bonchev–Trinajstić information content (AvgIpc) is 3.17. The number of anilines is 2. The first-order valence-electron chi connectivity index (χ1n) is 11.3. The minimum Gasteiger partial charge on any atom is -0.331 e. The van der Waals surface area contributed by atoms with Gasteiger partial charge in [-0.15, -0.1) is 0 Å². The Labute approximate surface area is 224 Å². The zero-order valence-electron chi connectivity index (χ0n) is 19.8. The van der Waals surface area contributed by atoms with Crippen LogP contribution in [-0.2, 0) is 21.4 Å². The Morgan fingerprint density at radius 2 is 1.76 bits per heavy atom. The van der Waals surface area contributed by atoms with Gasteiger partial charge in [0.1, 0.15) is 0 Å². The molecule has 4 N–H and O–H groups in total. The summed E-state index contributed by atoms with van der Waals surface area (Å²) in [4.78, 5) is 15.1. The van der Waals surface area contributed by atoms with Gasteiger partial charge >= 0.3 is 0 Å². The van der Waals surface area contributed by atoms with Gasteiger partial charge in [-0.3, -0.25) is 10.2 Å². The number of rotatable bonds is 5. The normalized spacial score (nSPS) is 13.8. The van der Waals surface area contributed by atoms with Gasteiger partial charge in [-0.05, 0) is 71.0 Å². The number of amides is 1. The molecular formula is C27H20N6O3S2. The van der Waals surface area contributed by atoms with Crippen LogP contribution in [0, 0.1) is 11.3 Å². The van der Waals surface area contributed by atoms with Crippen LogP contribution in [0.4, 0.5) is 11.4 Å². The second-order valence-electron chi connectivity index (χ2n) is 8.47. The van der Waals surface area contributed by atoms with Crippen LogP contribution in [0.3, 0.4) is 0 Å². The van der Waals surface area contributed by atoms with E-state index >= 15 is 0 Å². The maximum atomic E-state index is 13.5. The first kappa shape index (κ1) is 25.0. The number of carbonyl (C=O) groups excluding carboxylic acids is 1. The summed E-state index contributed by atoms with van der Waals surface area (Å²) in [5, 5.41) is 23.9. The van der Waals surface area contributed by atoms with Crippen molar-refractivity contribution in [2.45, 2.75) is 11.4 Å². The first-order valence-corrected chi connectivity index (χ1v) is 13.3.